The van der Waals surface area contributed by atoms with Gasteiger partial charge >= 0.3 is 0 Å². The monoisotopic (exact) mass is 253 g/mol. The normalized spacial score (nSPS) is 29.5. The van der Waals surface area contributed by atoms with Crippen LogP contribution < -0.4 is 5.73 Å². The molecule has 0 aliphatic carbocycles. The molecule has 1 unspecified atom stereocenters. The number of likely N-dealkylation sites (tertiary alicyclic amines) is 2. The lowest BCUT2D eigenvalue weighted by atomic mass is 9.81. The number of nitrogens with two attached hydrogens (primary N) is 1. The summed E-state index contributed by atoms with van der Waals surface area (Å²) in [4.78, 5) is 5.33. The summed E-state index contributed by atoms with van der Waals surface area (Å²) in [5, 5.41) is 0. The smallest absolute Gasteiger partial charge is 0.0385 e. The summed E-state index contributed by atoms with van der Waals surface area (Å²) in [7, 11) is 0. The zero-order chi connectivity index (χ0) is 13.2. The van der Waals surface area contributed by atoms with Gasteiger partial charge in [-0.1, -0.05) is 20.8 Å². The average Bonchev–Trinajstić information content (AvgIpc) is 2.61. The first-order valence-electron chi connectivity index (χ1n) is 7.81. The molecule has 1 atom stereocenters. The zero-order valence-corrected chi connectivity index (χ0v) is 12.5. The molecule has 0 saturated carbocycles. The van der Waals surface area contributed by atoms with E-state index in [1.54, 1.807) is 0 Å². The van der Waals surface area contributed by atoms with Crippen LogP contribution in [0.15, 0.2) is 0 Å². The van der Waals surface area contributed by atoms with Crippen molar-refractivity contribution in [2.75, 3.05) is 32.7 Å². The molecule has 2 saturated heterocycles. The molecule has 0 aromatic rings. The third kappa shape index (κ3) is 2.73. The first-order chi connectivity index (χ1) is 8.58. The molecule has 2 aliphatic heterocycles. The first kappa shape index (κ1) is 14.3. The summed E-state index contributed by atoms with van der Waals surface area (Å²) in [6.45, 7) is 13.1. The fraction of sp³-hybridized carbons (Fsp3) is 1.00. The molecule has 3 heteroatoms. The molecule has 106 valence electrons. The lowest BCUT2D eigenvalue weighted by Gasteiger charge is -2.47. The summed E-state index contributed by atoms with van der Waals surface area (Å²) in [6, 6.07) is 0.408. The van der Waals surface area contributed by atoms with Gasteiger partial charge in [0.1, 0.15) is 0 Å². The summed E-state index contributed by atoms with van der Waals surface area (Å²) >= 11 is 0. The van der Waals surface area contributed by atoms with Crippen LogP contribution in [0, 0.1) is 5.92 Å². The number of piperidine rings is 1. The summed E-state index contributed by atoms with van der Waals surface area (Å²) in [5.41, 5.74) is 6.79. The van der Waals surface area contributed by atoms with Crippen molar-refractivity contribution in [2.45, 2.75) is 58.0 Å². The number of nitrogens with zero attached hydrogens (tertiary/aromatic N) is 2. The van der Waals surface area contributed by atoms with Gasteiger partial charge in [0.25, 0.3) is 0 Å². The van der Waals surface area contributed by atoms with Crippen LogP contribution in [0.2, 0.25) is 0 Å². The summed E-state index contributed by atoms with van der Waals surface area (Å²) < 4.78 is 0. The van der Waals surface area contributed by atoms with E-state index in [0.29, 0.717) is 11.6 Å². The lowest BCUT2D eigenvalue weighted by Crippen LogP contribution is -2.59. The number of hydrogen-bond acceptors (Lipinski definition) is 3. The Labute approximate surface area is 113 Å². The molecular weight excluding hydrogens is 222 g/mol. The SMILES string of the molecule is CCCN1CCC(N)C12CCN(CC(C)C)CC2. The Morgan fingerprint density at radius 1 is 1.22 bits per heavy atom. The quantitative estimate of drug-likeness (QED) is 0.831. The van der Waals surface area contributed by atoms with Crippen molar-refractivity contribution in [2.24, 2.45) is 11.7 Å². The van der Waals surface area contributed by atoms with E-state index in [9.17, 15) is 0 Å². The van der Waals surface area contributed by atoms with Crippen LogP contribution in [0.3, 0.4) is 0 Å². The van der Waals surface area contributed by atoms with E-state index in [1.165, 1.54) is 58.4 Å². The van der Waals surface area contributed by atoms with Gasteiger partial charge < -0.3 is 10.6 Å². The van der Waals surface area contributed by atoms with Gasteiger partial charge in [-0.25, -0.2) is 0 Å². The van der Waals surface area contributed by atoms with Crippen LogP contribution in [0.25, 0.3) is 0 Å². The Balaban J connectivity index is 1.96. The number of rotatable bonds is 4. The Hall–Kier alpha value is -0.120. The van der Waals surface area contributed by atoms with Crippen molar-refractivity contribution in [1.82, 2.24) is 9.80 Å². The second kappa shape index (κ2) is 5.89. The molecule has 18 heavy (non-hydrogen) atoms. The van der Waals surface area contributed by atoms with Gasteiger partial charge in [-0.15, -0.1) is 0 Å². The standard InChI is InChI=1S/C15H31N3/c1-4-8-18-9-5-14(16)15(18)6-10-17(11-7-15)12-13(2)3/h13-14H,4-12,16H2,1-3H3. The highest BCUT2D eigenvalue weighted by atomic mass is 15.3. The fourth-order valence-corrected chi connectivity index (χ4v) is 3.95. The van der Waals surface area contributed by atoms with Gasteiger partial charge in [-0.3, -0.25) is 4.90 Å². The maximum absolute atomic E-state index is 6.45. The Morgan fingerprint density at radius 3 is 2.44 bits per heavy atom. The van der Waals surface area contributed by atoms with E-state index in [0.717, 1.165) is 5.92 Å². The molecule has 2 aliphatic rings. The van der Waals surface area contributed by atoms with E-state index >= 15 is 0 Å². The highest BCUT2D eigenvalue weighted by Crippen LogP contribution is 2.37. The maximum Gasteiger partial charge on any atom is 0.0385 e. The molecule has 2 fully saturated rings. The Kier molecular flexibility index (Phi) is 4.68. The molecule has 1 spiro atoms. The molecule has 0 radical (unpaired) electrons. The van der Waals surface area contributed by atoms with Crippen LogP contribution in [0.1, 0.15) is 46.5 Å². The highest BCUT2D eigenvalue weighted by Gasteiger charge is 2.47. The Morgan fingerprint density at radius 2 is 1.89 bits per heavy atom. The minimum atomic E-state index is 0.337. The van der Waals surface area contributed by atoms with Crippen LogP contribution in [0.4, 0.5) is 0 Å². The highest BCUT2D eigenvalue weighted by molar-refractivity contribution is 5.06. The second-order valence-corrected chi connectivity index (χ2v) is 6.68. The van der Waals surface area contributed by atoms with Gasteiger partial charge in [-0.2, -0.15) is 0 Å². The third-order valence-corrected chi connectivity index (χ3v) is 4.87. The number of hydrogen-bond donors (Lipinski definition) is 1. The maximum atomic E-state index is 6.45. The predicted molar refractivity (Wildman–Crippen MR) is 77.7 cm³/mol. The molecular formula is C15H31N3. The second-order valence-electron chi connectivity index (χ2n) is 6.68. The molecule has 2 heterocycles. The van der Waals surface area contributed by atoms with Crippen LogP contribution >= 0.6 is 0 Å². The minimum Gasteiger partial charge on any atom is -0.326 e. The van der Waals surface area contributed by atoms with E-state index in [-0.39, 0.29) is 0 Å². The molecule has 3 nitrogen and oxygen atoms in total. The predicted octanol–water partition coefficient (Wildman–Crippen LogP) is 1.92. The van der Waals surface area contributed by atoms with Crippen molar-refractivity contribution < 1.29 is 0 Å². The van der Waals surface area contributed by atoms with Crippen LogP contribution in [-0.4, -0.2) is 54.1 Å². The van der Waals surface area contributed by atoms with Crippen molar-refractivity contribution in [3.63, 3.8) is 0 Å². The average molecular weight is 253 g/mol. The molecule has 0 amide bonds. The Bertz CT molecular complexity index is 254. The summed E-state index contributed by atoms with van der Waals surface area (Å²) in [5.74, 6) is 0.781. The molecule has 2 N–H and O–H groups in total. The van der Waals surface area contributed by atoms with Gasteiger partial charge in [0, 0.05) is 24.7 Å². The lowest BCUT2D eigenvalue weighted by molar-refractivity contribution is 0.0399. The topological polar surface area (TPSA) is 32.5 Å². The van der Waals surface area contributed by atoms with E-state index in [1.807, 2.05) is 0 Å². The van der Waals surface area contributed by atoms with E-state index in [2.05, 4.69) is 30.6 Å². The van der Waals surface area contributed by atoms with E-state index < -0.39 is 0 Å². The van der Waals surface area contributed by atoms with Crippen molar-refractivity contribution in [1.29, 1.82) is 0 Å². The van der Waals surface area contributed by atoms with Crippen molar-refractivity contribution in [3.8, 4) is 0 Å². The molecule has 0 aromatic heterocycles. The zero-order valence-electron chi connectivity index (χ0n) is 12.5. The van der Waals surface area contributed by atoms with Gasteiger partial charge in [-0.05, 0) is 51.2 Å². The fourth-order valence-electron chi connectivity index (χ4n) is 3.95. The third-order valence-electron chi connectivity index (χ3n) is 4.87. The van der Waals surface area contributed by atoms with Gasteiger partial charge in [0.15, 0.2) is 0 Å². The van der Waals surface area contributed by atoms with Crippen LogP contribution in [0.5, 0.6) is 0 Å². The molecule has 0 bridgehead atoms. The van der Waals surface area contributed by atoms with Gasteiger partial charge in [0.2, 0.25) is 0 Å². The van der Waals surface area contributed by atoms with Crippen molar-refractivity contribution in [3.05, 3.63) is 0 Å². The molecule has 0 aromatic carbocycles. The molecule has 2 rings (SSSR count). The van der Waals surface area contributed by atoms with Crippen molar-refractivity contribution >= 4 is 0 Å². The largest absolute Gasteiger partial charge is 0.326 e. The first-order valence-corrected chi connectivity index (χ1v) is 7.81. The van der Waals surface area contributed by atoms with Crippen LogP contribution in [-0.2, 0) is 0 Å². The van der Waals surface area contributed by atoms with Gasteiger partial charge in [0.05, 0.1) is 0 Å². The summed E-state index contributed by atoms with van der Waals surface area (Å²) in [6.07, 6.45) is 5.01. The minimum absolute atomic E-state index is 0.337. The van der Waals surface area contributed by atoms with E-state index in [4.69, 9.17) is 5.73 Å².